The number of hydrogen-bond acceptors (Lipinski definition) is 0. The van der Waals surface area contributed by atoms with E-state index in [1.54, 1.807) is 0 Å². The van der Waals surface area contributed by atoms with Gasteiger partial charge in [0.25, 0.3) is 5.16 Å². The zero-order chi connectivity index (χ0) is 9.12. The first-order chi connectivity index (χ1) is 4.87. The Morgan fingerprint density at radius 2 is 2.00 bits per heavy atom. The molecule has 0 bridgehead atoms. The molecule has 0 saturated carbocycles. The quantitative estimate of drug-likeness (QED) is 0.354. The van der Waals surface area contributed by atoms with E-state index >= 15 is 0 Å². The molecule has 0 aliphatic rings. The van der Waals surface area contributed by atoms with Gasteiger partial charge in [-0.05, 0) is 13.0 Å². The number of hydrogen-bond donors (Lipinski definition) is 0. The average molecular weight is 177 g/mol. The third kappa shape index (κ3) is 2.26. The van der Waals surface area contributed by atoms with Crippen LogP contribution in [0.5, 0.6) is 0 Å². The van der Waals surface area contributed by atoms with Gasteiger partial charge in [0.15, 0.2) is 0 Å². The molecule has 0 heterocycles. The molecule has 4 heteroatoms. The van der Waals surface area contributed by atoms with Crippen molar-refractivity contribution < 1.29 is 8.22 Å². The second-order valence-corrected chi connectivity index (χ2v) is 5.88. The molecule has 0 aromatic rings. The van der Waals surface area contributed by atoms with E-state index in [0.29, 0.717) is 12.8 Å². The topological polar surface area (TPSA) is 4.36 Å². The average Bonchev–Trinajstić information content (AvgIpc) is 1.86. The van der Waals surface area contributed by atoms with Gasteiger partial charge in [-0.3, -0.25) is 8.22 Å². The first-order valence-electron chi connectivity index (χ1n) is 3.64. The van der Waals surface area contributed by atoms with E-state index in [0.717, 1.165) is 6.55 Å². The van der Waals surface area contributed by atoms with Gasteiger partial charge in [0.05, 0.1) is 0 Å². The Kier molecular flexibility index (Phi) is 3.18. The highest BCUT2D eigenvalue weighted by molar-refractivity contribution is 6.68. The highest BCUT2D eigenvalue weighted by Gasteiger charge is 2.56. The molecular weight excluding hydrogens is 164 g/mol. The molecule has 1 atom stereocenters. The minimum Gasteiger partial charge on any atom is -0.309 e. The van der Waals surface area contributed by atoms with Crippen molar-refractivity contribution in [3.8, 4) is 0 Å². The molecule has 0 saturated heterocycles. The van der Waals surface area contributed by atoms with E-state index in [4.69, 9.17) is 6.57 Å². The molecule has 0 aromatic heterocycles. The van der Waals surface area contributed by atoms with Gasteiger partial charge in [0.2, 0.25) is 0 Å². The van der Waals surface area contributed by atoms with Gasteiger partial charge in [-0.25, -0.2) is 6.57 Å². The fourth-order valence-corrected chi connectivity index (χ4v) is 1.75. The largest absolute Gasteiger partial charge is 0.507 e. The molecule has 64 valence electrons. The van der Waals surface area contributed by atoms with Crippen molar-refractivity contribution in [3.05, 3.63) is 11.4 Å². The molecule has 11 heavy (non-hydrogen) atoms. The van der Waals surface area contributed by atoms with Gasteiger partial charge >= 0.3 is 8.74 Å². The summed E-state index contributed by atoms with van der Waals surface area (Å²) in [6, 6.07) is 0. The van der Waals surface area contributed by atoms with E-state index in [2.05, 4.69) is 4.85 Å². The number of halogens is 2. The molecule has 0 aromatic carbocycles. The number of nitrogens with zero attached hydrogens (tertiary/aromatic N) is 1. The Morgan fingerprint density at radius 3 is 2.09 bits per heavy atom. The van der Waals surface area contributed by atoms with Crippen LogP contribution in [0.1, 0.15) is 26.7 Å². The van der Waals surface area contributed by atoms with Gasteiger partial charge in [0, 0.05) is 13.3 Å². The van der Waals surface area contributed by atoms with Crippen LogP contribution in [-0.4, -0.2) is 13.9 Å². The van der Waals surface area contributed by atoms with Gasteiger partial charge in [-0.1, -0.05) is 6.92 Å². The predicted molar refractivity (Wildman–Crippen MR) is 43.7 cm³/mol. The van der Waals surface area contributed by atoms with Crippen molar-refractivity contribution in [1.29, 1.82) is 0 Å². The first-order valence-corrected chi connectivity index (χ1v) is 5.89. The maximum Gasteiger partial charge on any atom is 0.507 e. The molecule has 1 nitrogen and oxygen atoms in total. The lowest BCUT2D eigenvalue weighted by Gasteiger charge is -2.20. The van der Waals surface area contributed by atoms with Crippen LogP contribution in [0.2, 0.25) is 6.55 Å². The first kappa shape index (κ1) is 10.6. The van der Waals surface area contributed by atoms with Crippen molar-refractivity contribution in [1.82, 2.24) is 0 Å². The summed E-state index contributed by atoms with van der Waals surface area (Å²) in [5, 5.41) is -1.37. The van der Waals surface area contributed by atoms with E-state index in [-0.39, 0.29) is 0 Å². The van der Waals surface area contributed by atoms with E-state index in [1.807, 2.05) is 6.92 Å². The summed E-state index contributed by atoms with van der Waals surface area (Å²) in [5.74, 6) is 0. The van der Waals surface area contributed by atoms with Crippen LogP contribution in [-0.2, 0) is 0 Å². The lowest BCUT2D eigenvalue weighted by molar-refractivity contribution is 0.492. The van der Waals surface area contributed by atoms with Crippen LogP contribution in [0.15, 0.2) is 0 Å². The van der Waals surface area contributed by atoms with Crippen LogP contribution >= 0.6 is 0 Å². The summed E-state index contributed by atoms with van der Waals surface area (Å²) in [4.78, 5) is 3.04. The zero-order valence-corrected chi connectivity index (χ0v) is 8.12. The molecule has 1 unspecified atom stereocenters. The van der Waals surface area contributed by atoms with Crippen molar-refractivity contribution in [3.63, 3.8) is 0 Å². The molecule has 0 amide bonds. The number of rotatable bonds is 3. The van der Waals surface area contributed by atoms with Crippen molar-refractivity contribution >= 4 is 8.74 Å². The normalized spacial score (nSPS) is 17.1. The maximum absolute atomic E-state index is 12.9. The van der Waals surface area contributed by atoms with Crippen LogP contribution in [0.4, 0.5) is 8.22 Å². The summed E-state index contributed by atoms with van der Waals surface area (Å²) in [6.45, 7) is 10.8. The van der Waals surface area contributed by atoms with E-state index in [1.165, 1.54) is 6.92 Å². The maximum atomic E-state index is 12.9. The Bertz CT molecular complexity index is 170. The van der Waals surface area contributed by atoms with Crippen LogP contribution in [0, 0.1) is 6.57 Å². The van der Waals surface area contributed by atoms with Crippen molar-refractivity contribution in [2.75, 3.05) is 0 Å². The highest BCUT2D eigenvalue weighted by atomic mass is 28.4. The molecule has 0 spiro atoms. The van der Waals surface area contributed by atoms with Gasteiger partial charge in [-0.2, -0.15) is 0 Å². The Morgan fingerprint density at radius 1 is 1.55 bits per heavy atom. The van der Waals surface area contributed by atoms with Crippen LogP contribution < -0.4 is 0 Å². The molecule has 0 rings (SSSR count). The van der Waals surface area contributed by atoms with E-state index < -0.39 is 13.9 Å². The summed E-state index contributed by atoms with van der Waals surface area (Å²) in [5.41, 5.74) is 0. The van der Waals surface area contributed by atoms with Crippen LogP contribution in [0.3, 0.4) is 0 Å². The Labute approximate surface area is 67.6 Å². The molecular formula is C7H13F2NSi. The zero-order valence-electron chi connectivity index (χ0n) is 7.12. The van der Waals surface area contributed by atoms with E-state index in [9.17, 15) is 8.22 Å². The van der Waals surface area contributed by atoms with Crippen molar-refractivity contribution in [2.24, 2.45) is 0 Å². The Hall–Kier alpha value is -0.433. The summed E-state index contributed by atoms with van der Waals surface area (Å²) < 4.78 is 25.8. The fraction of sp³-hybridized carbons (Fsp3) is 0.857. The summed E-state index contributed by atoms with van der Waals surface area (Å²) in [7, 11) is -4.29. The van der Waals surface area contributed by atoms with Gasteiger partial charge < -0.3 is 4.85 Å². The van der Waals surface area contributed by atoms with Crippen molar-refractivity contribution in [2.45, 2.75) is 38.4 Å². The van der Waals surface area contributed by atoms with Gasteiger partial charge in [-0.15, -0.1) is 0 Å². The highest BCUT2D eigenvalue weighted by Crippen LogP contribution is 2.31. The smallest absolute Gasteiger partial charge is 0.309 e. The molecule has 0 aliphatic heterocycles. The monoisotopic (exact) mass is 177 g/mol. The van der Waals surface area contributed by atoms with Gasteiger partial charge in [0.1, 0.15) is 0 Å². The van der Waals surface area contributed by atoms with Crippen LogP contribution in [0.25, 0.3) is 4.85 Å². The lowest BCUT2D eigenvalue weighted by atomic mass is 10.2. The summed E-state index contributed by atoms with van der Waals surface area (Å²) >= 11 is 0. The minimum atomic E-state index is -4.29. The second kappa shape index (κ2) is 3.31. The molecule has 0 fully saturated rings. The molecule has 0 radical (unpaired) electrons. The predicted octanol–water partition coefficient (Wildman–Crippen LogP) is 3.01. The molecule has 0 aliphatic carbocycles. The lowest BCUT2D eigenvalue weighted by Crippen LogP contribution is -2.45. The molecule has 0 N–H and O–H groups in total. The fourth-order valence-electron chi connectivity index (χ4n) is 0.860. The standard InChI is InChI=1S/C7H13F2NSi/c1-5-6-7(2,10-3)11(4,8)9/h5-6H2,1-2,4H3. The Balaban J connectivity index is 4.50. The third-order valence-corrected chi connectivity index (χ3v) is 4.18. The summed E-state index contributed by atoms with van der Waals surface area (Å²) in [6.07, 6.45) is 0.960. The third-order valence-electron chi connectivity index (χ3n) is 1.93. The minimum absolute atomic E-state index is 0.312. The SMILES string of the molecule is [C-]#[N+]C(C)(CCC)[Si](C)(F)F. The second-order valence-electron chi connectivity index (χ2n) is 3.02.